The van der Waals surface area contributed by atoms with Crippen LogP contribution in [-0.2, 0) is 67.3 Å². The van der Waals surface area contributed by atoms with Gasteiger partial charge in [0.25, 0.3) is 0 Å². The lowest BCUT2D eigenvalue weighted by atomic mass is 9.89. The van der Waals surface area contributed by atoms with Crippen molar-refractivity contribution in [3.63, 3.8) is 0 Å². The molecule has 3 heterocycles. The highest BCUT2D eigenvalue weighted by molar-refractivity contribution is 5.73. The Morgan fingerprint density at radius 3 is 1.80 bits per heavy atom. The Hall–Kier alpha value is -4.61. The van der Waals surface area contributed by atoms with Crippen LogP contribution >= 0.6 is 0 Å². The van der Waals surface area contributed by atoms with E-state index in [-0.39, 0.29) is 45.4 Å². The second kappa shape index (κ2) is 22.0. The van der Waals surface area contributed by atoms with E-state index in [2.05, 4.69) is 10.6 Å². The Bertz CT molecular complexity index is 1930. The average Bonchev–Trinajstić information content (AvgIpc) is 3.28. The molecule has 0 spiro atoms. The number of aliphatic hydroxyl groups is 1. The van der Waals surface area contributed by atoms with E-state index in [0.717, 1.165) is 22.3 Å². The normalized spacial score (nSPS) is 29.2. The largest absolute Gasteiger partial charge is 0.390 e. The second-order valence-electron chi connectivity index (χ2n) is 15.6. The molecular weight excluding hydrogens is 788 g/mol. The number of carbonyl (C=O) groups is 2. The van der Waals surface area contributed by atoms with Crippen LogP contribution in [0, 0.1) is 0 Å². The first kappa shape index (κ1) is 44.4. The van der Waals surface area contributed by atoms with E-state index < -0.39 is 86.1 Å². The third kappa shape index (κ3) is 12.1. The summed E-state index contributed by atoms with van der Waals surface area (Å²) < 4.78 is 66.9. The molecule has 1 unspecified atom stereocenters. The van der Waals surface area contributed by atoms with Crippen LogP contribution in [0.5, 0.6) is 0 Å². The highest BCUT2D eigenvalue weighted by Gasteiger charge is 2.55. The monoisotopic (exact) mass is 842 g/mol. The predicted molar refractivity (Wildman–Crippen MR) is 220 cm³/mol. The van der Waals surface area contributed by atoms with Crippen LogP contribution in [0.3, 0.4) is 0 Å². The molecule has 13 nitrogen and oxygen atoms in total. The maximum absolute atomic E-state index is 13.9. The van der Waals surface area contributed by atoms with Crippen molar-refractivity contribution in [2.45, 2.75) is 114 Å². The Balaban J connectivity index is 1.25. The van der Waals surface area contributed by atoms with Crippen LogP contribution in [0.2, 0.25) is 0 Å². The molecule has 0 saturated carbocycles. The molecule has 3 aliphatic rings. The molecule has 0 bridgehead atoms. The molecule has 0 radical (unpaired) electrons. The maximum atomic E-state index is 13.9. The number of aliphatic hydroxyl groups excluding tert-OH is 1. The first-order valence-electron chi connectivity index (χ1n) is 20.7. The van der Waals surface area contributed by atoms with Gasteiger partial charge in [0.1, 0.15) is 49.3 Å². The molecule has 0 aromatic heterocycles. The summed E-state index contributed by atoms with van der Waals surface area (Å²) in [6.45, 7) is 2.35. The van der Waals surface area contributed by atoms with E-state index in [1.807, 2.05) is 121 Å². The van der Waals surface area contributed by atoms with Gasteiger partial charge < -0.3 is 53.6 Å². The van der Waals surface area contributed by atoms with Crippen LogP contribution in [-0.4, -0.2) is 104 Å². The number of carbonyl (C=O) groups excluding carboxylic acids is 2. The summed E-state index contributed by atoms with van der Waals surface area (Å²) in [5, 5.41) is 16.6. The van der Waals surface area contributed by atoms with Crippen molar-refractivity contribution >= 4 is 11.8 Å². The van der Waals surface area contributed by atoms with E-state index in [9.17, 15) is 19.1 Å². The van der Waals surface area contributed by atoms with Gasteiger partial charge in [0.15, 0.2) is 12.6 Å². The van der Waals surface area contributed by atoms with E-state index >= 15 is 0 Å². The van der Waals surface area contributed by atoms with E-state index in [4.69, 9.17) is 37.9 Å². The first-order chi connectivity index (χ1) is 29.7. The SMILES string of the molecule is CC(=O)N[C@@H]1[C@@H](OCc2ccccc2)[C@H](O[C@@H]2O[C@@H]3CO[C@@H](c4ccccc4)O[C@H]3[C@H](OCc3ccccc3)[C@H]2NC(C)=O)[C@@H](COCc2ccccc2)O[C@H]1CC(O)CF. The van der Waals surface area contributed by atoms with Gasteiger partial charge in [-0.05, 0) is 16.7 Å². The summed E-state index contributed by atoms with van der Waals surface area (Å²) >= 11 is 0. The third-order valence-electron chi connectivity index (χ3n) is 10.9. The number of halogens is 1. The molecule has 14 heteroatoms. The van der Waals surface area contributed by atoms with E-state index in [0.29, 0.717) is 0 Å². The van der Waals surface area contributed by atoms with Crippen molar-refractivity contribution in [3.8, 4) is 0 Å². The topological polar surface area (TPSA) is 152 Å². The molecule has 0 aliphatic carbocycles. The average molecular weight is 843 g/mol. The number of nitrogens with one attached hydrogen (secondary N) is 2. The van der Waals surface area contributed by atoms with Gasteiger partial charge in [-0.15, -0.1) is 0 Å². The number of rotatable bonds is 18. The van der Waals surface area contributed by atoms with Crippen molar-refractivity contribution in [1.82, 2.24) is 10.6 Å². The summed E-state index contributed by atoms with van der Waals surface area (Å²) in [5.74, 6) is -0.762. The highest BCUT2D eigenvalue weighted by atomic mass is 19.1. The standard InChI is InChI=1S/C47H55FN2O11/c1-30(51)49-40-37(23-36(53)24-48)58-38(28-54-25-32-15-7-3-8-16-32)42(44(40)55-26-33-17-9-4-10-18-33)61-47-41(50-31(2)52)45(56-27-34-19-11-5-12-20-34)43-39(59-47)29-57-46(60-43)35-21-13-6-14-22-35/h3-22,36-47,53H,23-29H2,1-2H3,(H,49,51)(H,50,52)/t36?,37-,38+,39+,40-,41+,42+,43+,44+,45+,46+,47-/m0/s1. The van der Waals surface area contributed by atoms with E-state index in [1.54, 1.807) is 0 Å². The van der Waals surface area contributed by atoms with Crippen molar-refractivity contribution < 1.29 is 57.0 Å². The van der Waals surface area contributed by atoms with Gasteiger partial charge >= 0.3 is 0 Å². The second-order valence-corrected chi connectivity index (χ2v) is 15.6. The van der Waals surface area contributed by atoms with Crippen molar-refractivity contribution in [1.29, 1.82) is 0 Å². The van der Waals surface area contributed by atoms with E-state index in [1.165, 1.54) is 13.8 Å². The molecule has 326 valence electrons. The molecular formula is C47H55FN2O11. The minimum Gasteiger partial charge on any atom is -0.390 e. The zero-order chi connectivity index (χ0) is 42.6. The maximum Gasteiger partial charge on any atom is 0.217 e. The zero-order valence-corrected chi connectivity index (χ0v) is 34.3. The molecule has 4 aromatic rings. The summed E-state index contributed by atoms with van der Waals surface area (Å²) in [6, 6.07) is 36.4. The van der Waals surface area contributed by atoms with Gasteiger partial charge in [-0.2, -0.15) is 0 Å². The molecule has 3 fully saturated rings. The molecule has 3 N–H and O–H groups in total. The van der Waals surface area contributed by atoms with Crippen molar-refractivity contribution in [2.75, 3.05) is 19.9 Å². The van der Waals surface area contributed by atoms with Crippen LogP contribution in [0.15, 0.2) is 121 Å². The summed E-state index contributed by atoms with van der Waals surface area (Å²) in [5.41, 5.74) is 3.48. The van der Waals surface area contributed by atoms with Crippen LogP contribution in [0.25, 0.3) is 0 Å². The molecule has 7 rings (SSSR count). The van der Waals surface area contributed by atoms with Gasteiger partial charge in [0.05, 0.1) is 51.3 Å². The van der Waals surface area contributed by atoms with Gasteiger partial charge in [0.2, 0.25) is 11.8 Å². The van der Waals surface area contributed by atoms with Gasteiger partial charge in [0, 0.05) is 25.8 Å². The Kier molecular flexibility index (Phi) is 16.0. The van der Waals surface area contributed by atoms with Crippen LogP contribution < -0.4 is 10.6 Å². The Morgan fingerprint density at radius 2 is 1.23 bits per heavy atom. The zero-order valence-electron chi connectivity index (χ0n) is 34.3. The molecule has 12 atom stereocenters. The minimum absolute atomic E-state index is 0.0255. The fraction of sp³-hybridized carbons (Fsp3) is 0.447. The molecule has 61 heavy (non-hydrogen) atoms. The molecule has 4 aromatic carbocycles. The summed E-state index contributed by atoms with van der Waals surface area (Å²) in [7, 11) is 0. The summed E-state index contributed by atoms with van der Waals surface area (Å²) in [6.07, 6.45) is -9.53. The Morgan fingerprint density at radius 1 is 0.689 bits per heavy atom. The van der Waals surface area contributed by atoms with Crippen LogP contribution in [0.4, 0.5) is 4.39 Å². The number of hydrogen-bond donors (Lipinski definition) is 3. The minimum atomic E-state index is -1.38. The number of hydrogen-bond acceptors (Lipinski definition) is 11. The van der Waals surface area contributed by atoms with Gasteiger partial charge in [-0.3, -0.25) is 9.59 Å². The van der Waals surface area contributed by atoms with Crippen molar-refractivity contribution in [2.24, 2.45) is 0 Å². The fourth-order valence-corrected chi connectivity index (χ4v) is 8.06. The lowest BCUT2D eigenvalue weighted by Crippen LogP contribution is -2.70. The first-order valence-corrected chi connectivity index (χ1v) is 20.7. The highest BCUT2D eigenvalue weighted by Crippen LogP contribution is 2.38. The fourth-order valence-electron chi connectivity index (χ4n) is 8.06. The number of alkyl halides is 1. The molecule has 3 saturated heterocycles. The van der Waals surface area contributed by atoms with Gasteiger partial charge in [-0.1, -0.05) is 121 Å². The predicted octanol–water partition coefficient (Wildman–Crippen LogP) is 5.10. The Labute approximate surface area is 355 Å². The number of ether oxygens (including phenoxy) is 8. The number of benzene rings is 4. The third-order valence-corrected chi connectivity index (χ3v) is 10.9. The molecule has 2 amide bonds. The van der Waals surface area contributed by atoms with Crippen LogP contribution in [0.1, 0.15) is 48.8 Å². The summed E-state index contributed by atoms with van der Waals surface area (Å²) in [4.78, 5) is 26.0. The smallest absolute Gasteiger partial charge is 0.217 e. The van der Waals surface area contributed by atoms with Gasteiger partial charge in [-0.25, -0.2) is 4.39 Å². The number of fused-ring (bicyclic) bond motifs is 1. The lowest BCUT2D eigenvalue weighted by Gasteiger charge is -2.52. The lowest BCUT2D eigenvalue weighted by molar-refractivity contribution is -0.366. The van der Waals surface area contributed by atoms with Crippen molar-refractivity contribution in [3.05, 3.63) is 144 Å². The quantitative estimate of drug-likeness (QED) is 0.123. The number of amides is 2. The molecule has 3 aliphatic heterocycles.